The van der Waals surface area contributed by atoms with Crippen molar-refractivity contribution < 1.29 is 0 Å². The first kappa shape index (κ1) is 35.2. The highest BCUT2D eigenvalue weighted by atomic mass is 15.1. The molecule has 60 heavy (non-hydrogen) atoms. The molecule has 11 aromatic rings. The van der Waals surface area contributed by atoms with Crippen molar-refractivity contribution in [3.8, 4) is 50.2 Å². The molecule has 0 bridgehead atoms. The fourth-order valence-corrected chi connectivity index (χ4v) is 9.10. The predicted octanol–water partition coefficient (Wildman–Crippen LogP) is 16.1. The summed E-state index contributed by atoms with van der Waals surface area (Å²) >= 11 is 0. The van der Waals surface area contributed by atoms with Gasteiger partial charge in [0.1, 0.15) is 0 Å². The van der Waals surface area contributed by atoms with Gasteiger partial charge in [0.05, 0.1) is 16.7 Å². The van der Waals surface area contributed by atoms with Crippen molar-refractivity contribution >= 4 is 49.6 Å². The Morgan fingerprint density at radius 2 is 0.850 bits per heavy atom. The molecule has 2 nitrogen and oxygen atoms in total. The molecule has 0 aliphatic heterocycles. The summed E-state index contributed by atoms with van der Waals surface area (Å²) in [7, 11) is 0. The van der Waals surface area contributed by atoms with Gasteiger partial charge in [0.15, 0.2) is 0 Å². The van der Waals surface area contributed by atoms with Crippen molar-refractivity contribution in [1.82, 2.24) is 4.57 Å². The van der Waals surface area contributed by atoms with Crippen molar-refractivity contribution in [2.75, 3.05) is 4.90 Å². The molecule has 2 heteroatoms. The molecule has 0 aliphatic carbocycles. The Morgan fingerprint density at radius 1 is 0.317 bits per heavy atom. The smallest absolute Gasteiger partial charge is 0.0553 e. The number of rotatable bonds is 8. The summed E-state index contributed by atoms with van der Waals surface area (Å²) in [5.41, 5.74) is 16.4. The van der Waals surface area contributed by atoms with Crippen LogP contribution in [-0.4, -0.2) is 4.57 Å². The van der Waals surface area contributed by atoms with Crippen molar-refractivity contribution in [3.63, 3.8) is 0 Å². The Kier molecular flexibility index (Phi) is 8.87. The van der Waals surface area contributed by atoms with Crippen LogP contribution in [0.15, 0.2) is 243 Å². The van der Waals surface area contributed by atoms with Gasteiger partial charge in [0, 0.05) is 33.4 Å². The third-order valence-corrected chi connectivity index (χ3v) is 11.8. The second-order valence-corrected chi connectivity index (χ2v) is 15.3. The molecular weight excluding hydrogens is 725 g/mol. The van der Waals surface area contributed by atoms with Crippen LogP contribution in [0.3, 0.4) is 0 Å². The normalized spacial score (nSPS) is 11.3. The molecule has 1 heterocycles. The SMILES string of the molecule is c1ccc(-c2ccccc2-c2ccc(N(c3cccc(-c4c5ccccc5cc5c4c4ccccc4n5-c4ccccc4)c3)c3ccccc3-c3ccccc3)cc2)cc1. The summed E-state index contributed by atoms with van der Waals surface area (Å²) in [5.74, 6) is 0. The van der Waals surface area contributed by atoms with E-state index in [1.165, 1.54) is 77.1 Å². The van der Waals surface area contributed by atoms with Crippen LogP contribution in [0.25, 0.3) is 82.8 Å². The van der Waals surface area contributed by atoms with Gasteiger partial charge in [0.25, 0.3) is 0 Å². The zero-order valence-corrected chi connectivity index (χ0v) is 33.0. The Balaban J connectivity index is 1.13. The van der Waals surface area contributed by atoms with Crippen LogP contribution >= 0.6 is 0 Å². The minimum absolute atomic E-state index is 1.08. The number of benzene rings is 10. The Labute approximate surface area is 350 Å². The molecule has 0 saturated carbocycles. The van der Waals surface area contributed by atoms with Gasteiger partial charge in [0.2, 0.25) is 0 Å². The standard InChI is InChI=1S/C58H40N2/c1-4-19-41(20-5-1)49-28-12-13-29-50(49)43-35-37-47(38-36-43)59(54-33-16-14-30-51(54)42-21-6-2-7-22-42)48-27-18-24-45(39-48)57-52-31-11-10-23-44(52)40-56-58(57)53-32-15-17-34-55(53)60(56)46-25-8-3-9-26-46/h1-40H. The lowest BCUT2D eigenvalue weighted by Crippen LogP contribution is -2.11. The van der Waals surface area contributed by atoms with E-state index in [0.717, 1.165) is 22.7 Å². The Bertz CT molecular complexity index is 3290. The molecular formula is C58H40N2. The van der Waals surface area contributed by atoms with E-state index < -0.39 is 0 Å². The third kappa shape index (κ3) is 6.14. The second-order valence-electron chi connectivity index (χ2n) is 15.3. The van der Waals surface area contributed by atoms with Crippen LogP contribution in [0.4, 0.5) is 17.1 Å². The van der Waals surface area contributed by atoms with E-state index in [2.05, 4.69) is 252 Å². The monoisotopic (exact) mass is 764 g/mol. The molecule has 0 N–H and O–H groups in total. The summed E-state index contributed by atoms with van der Waals surface area (Å²) in [6.45, 7) is 0. The zero-order valence-electron chi connectivity index (χ0n) is 33.0. The van der Waals surface area contributed by atoms with Crippen molar-refractivity contribution in [3.05, 3.63) is 243 Å². The maximum atomic E-state index is 2.42. The van der Waals surface area contributed by atoms with E-state index in [1.807, 2.05) is 0 Å². The van der Waals surface area contributed by atoms with Crippen LogP contribution < -0.4 is 4.90 Å². The summed E-state index contributed by atoms with van der Waals surface area (Å²) in [4.78, 5) is 2.42. The molecule has 282 valence electrons. The van der Waals surface area contributed by atoms with Gasteiger partial charge < -0.3 is 9.47 Å². The summed E-state index contributed by atoms with van der Waals surface area (Å²) in [6, 6.07) is 87.8. The number of hydrogen-bond acceptors (Lipinski definition) is 1. The first-order valence-corrected chi connectivity index (χ1v) is 20.6. The summed E-state index contributed by atoms with van der Waals surface area (Å²) in [6.07, 6.45) is 0. The van der Waals surface area contributed by atoms with Gasteiger partial charge >= 0.3 is 0 Å². The quantitative estimate of drug-likeness (QED) is 0.150. The highest BCUT2D eigenvalue weighted by molar-refractivity contribution is 6.23. The highest BCUT2D eigenvalue weighted by Crippen LogP contribution is 2.46. The van der Waals surface area contributed by atoms with Crippen molar-refractivity contribution in [2.24, 2.45) is 0 Å². The molecule has 0 amide bonds. The largest absolute Gasteiger partial charge is 0.310 e. The molecule has 0 spiro atoms. The molecule has 0 atom stereocenters. The minimum atomic E-state index is 1.08. The molecule has 10 aromatic carbocycles. The Morgan fingerprint density at radius 3 is 1.57 bits per heavy atom. The lowest BCUT2D eigenvalue weighted by Gasteiger charge is -2.28. The Hall–Kier alpha value is -7.94. The lowest BCUT2D eigenvalue weighted by atomic mass is 9.92. The number of hydrogen-bond donors (Lipinski definition) is 0. The van der Waals surface area contributed by atoms with Gasteiger partial charge in [-0.25, -0.2) is 0 Å². The van der Waals surface area contributed by atoms with Crippen LogP contribution in [0, 0.1) is 0 Å². The fraction of sp³-hybridized carbons (Fsp3) is 0. The average molecular weight is 765 g/mol. The summed E-state index contributed by atoms with van der Waals surface area (Å²) < 4.78 is 2.42. The van der Waals surface area contributed by atoms with Crippen LogP contribution in [0.5, 0.6) is 0 Å². The first-order valence-electron chi connectivity index (χ1n) is 20.6. The molecule has 0 radical (unpaired) electrons. The van der Waals surface area contributed by atoms with Crippen LogP contribution in [0.1, 0.15) is 0 Å². The van der Waals surface area contributed by atoms with Gasteiger partial charge in [-0.1, -0.05) is 188 Å². The number of fused-ring (bicyclic) bond motifs is 4. The summed E-state index contributed by atoms with van der Waals surface area (Å²) in [5, 5.41) is 4.93. The van der Waals surface area contributed by atoms with E-state index >= 15 is 0 Å². The van der Waals surface area contributed by atoms with Crippen LogP contribution in [0.2, 0.25) is 0 Å². The van der Waals surface area contributed by atoms with Crippen molar-refractivity contribution in [1.29, 1.82) is 0 Å². The number of nitrogens with zero attached hydrogens (tertiary/aromatic N) is 2. The molecule has 0 aliphatic rings. The van der Waals surface area contributed by atoms with Crippen molar-refractivity contribution in [2.45, 2.75) is 0 Å². The van der Waals surface area contributed by atoms with E-state index in [9.17, 15) is 0 Å². The van der Waals surface area contributed by atoms with Crippen LogP contribution in [-0.2, 0) is 0 Å². The van der Waals surface area contributed by atoms with E-state index in [4.69, 9.17) is 0 Å². The zero-order chi connectivity index (χ0) is 39.8. The number of anilines is 3. The first-order chi connectivity index (χ1) is 29.8. The van der Waals surface area contributed by atoms with E-state index in [0.29, 0.717) is 0 Å². The van der Waals surface area contributed by atoms with Gasteiger partial charge in [-0.2, -0.15) is 0 Å². The van der Waals surface area contributed by atoms with E-state index in [-0.39, 0.29) is 0 Å². The maximum Gasteiger partial charge on any atom is 0.0553 e. The number of para-hydroxylation sites is 3. The van der Waals surface area contributed by atoms with Gasteiger partial charge in [-0.15, -0.1) is 0 Å². The topological polar surface area (TPSA) is 8.17 Å². The molecule has 0 fully saturated rings. The second kappa shape index (κ2) is 15.1. The minimum Gasteiger partial charge on any atom is -0.310 e. The number of aromatic nitrogens is 1. The third-order valence-electron chi connectivity index (χ3n) is 11.8. The van der Waals surface area contributed by atoms with E-state index in [1.54, 1.807) is 0 Å². The lowest BCUT2D eigenvalue weighted by molar-refractivity contribution is 1.18. The molecule has 1 aromatic heterocycles. The maximum absolute atomic E-state index is 2.42. The highest BCUT2D eigenvalue weighted by Gasteiger charge is 2.22. The van der Waals surface area contributed by atoms with Gasteiger partial charge in [-0.3, -0.25) is 0 Å². The molecule has 11 rings (SSSR count). The predicted molar refractivity (Wildman–Crippen MR) is 255 cm³/mol. The molecule has 0 saturated heterocycles. The average Bonchev–Trinajstić information content (AvgIpc) is 3.66. The molecule has 0 unspecified atom stereocenters. The fourth-order valence-electron chi connectivity index (χ4n) is 9.10. The van der Waals surface area contributed by atoms with Gasteiger partial charge in [-0.05, 0) is 104 Å².